The second-order valence-electron chi connectivity index (χ2n) is 3.33. The minimum atomic E-state index is 0.185. The molecule has 0 unspecified atom stereocenters. The molecule has 0 radical (unpaired) electrons. The van der Waals surface area contributed by atoms with E-state index in [0.29, 0.717) is 0 Å². The molecule has 2 aromatic heterocycles. The van der Waals surface area contributed by atoms with Gasteiger partial charge in [-0.05, 0) is 18.6 Å². The molecule has 0 aliphatic carbocycles. The van der Waals surface area contributed by atoms with Crippen LogP contribution in [0.15, 0.2) is 24.4 Å². The number of aliphatic hydroxyl groups is 1. The predicted octanol–water partition coefficient (Wildman–Crippen LogP) is 1.27. The molecule has 2 aromatic rings. The van der Waals surface area contributed by atoms with Gasteiger partial charge in [-0.25, -0.2) is 4.98 Å². The molecule has 0 aromatic carbocycles. The van der Waals surface area contributed by atoms with Gasteiger partial charge in [-0.2, -0.15) is 0 Å². The number of pyridine rings is 1. The van der Waals surface area contributed by atoms with E-state index in [1.54, 1.807) is 7.11 Å². The third-order valence-corrected chi connectivity index (χ3v) is 2.36. The van der Waals surface area contributed by atoms with E-state index in [1.165, 1.54) is 0 Å². The fourth-order valence-electron chi connectivity index (χ4n) is 1.65. The number of methoxy groups -OCH3 is 1. The highest BCUT2D eigenvalue weighted by Gasteiger charge is 2.06. The zero-order valence-electron chi connectivity index (χ0n) is 8.68. The van der Waals surface area contributed by atoms with Crippen LogP contribution in [0.3, 0.4) is 0 Å². The topological polar surface area (TPSA) is 46.8 Å². The first-order chi connectivity index (χ1) is 7.36. The second-order valence-corrected chi connectivity index (χ2v) is 3.33. The Morgan fingerprint density at radius 2 is 2.33 bits per heavy atom. The van der Waals surface area contributed by atoms with Crippen LogP contribution in [0.1, 0.15) is 12.2 Å². The first kappa shape index (κ1) is 9.98. The predicted molar refractivity (Wildman–Crippen MR) is 57.2 cm³/mol. The molecule has 0 bridgehead atoms. The van der Waals surface area contributed by atoms with Crippen LogP contribution in [0.2, 0.25) is 0 Å². The van der Waals surface area contributed by atoms with Gasteiger partial charge in [-0.3, -0.25) is 4.40 Å². The second kappa shape index (κ2) is 4.31. The van der Waals surface area contributed by atoms with E-state index in [9.17, 15) is 0 Å². The monoisotopic (exact) mass is 206 g/mol. The molecule has 0 amide bonds. The molecule has 0 saturated heterocycles. The van der Waals surface area contributed by atoms with Gasteiger partial charge in [0.05, 0.1) is 18.8 Å². The maximum atomic E-state index is 8.80. The van der Waals surface area contributed by atoms with Gasteiger partial charge in [-0.1, -0.05) is 6.07 Å². The van der Waals surface area contributed by atoms with Crippen molar-refractivity contribution in [2.24, 2.45) is 0 Å². The lowest BCUT2D eigenvalue weighted by atomic mass is 10.3. The maximum Gasteiger partial charge on any atom is 0.199 e. The average molecular weight is 206 g/mol. The number of fused-ring (bicyclic) bond motifs is 1. The van der Waals surface area contributed by atoms with E-state index < -0.39 is 0 Å². The first-order valence-electron chi connectivity index (χ1n) is 4.97. The zero-order valence-corrected chi connectivity index (χ0v) is 8.68. The molecule has 0 saturated carbocycles. The van der Waals surface area contributed by atoms with Crippen molar-refractivity contribution in [2.45, 2.75) is 12.8 Å². The summed E-state index contributed by atoms with van der Waals surface area (Å²) in [6.07, 6.45) is 3.29. The SMILES string of the molecule is COc1cccc2cnc(CCCO)n12. The molecular formula is C11H14N2O2. The Kier molecular flexibility index (Phi) is 2.87. The van der Waals surface area contributed by atoms with Gasteiger partial charge in [0.15, 0.2) is 5.88 Å². The van der Waals surface area contributed by atoms with Crippen molar-refractivity contribution in [1.29, 1.82) is 0 Å². The van der Waals surface area contributed by atoms with Crippen LogP contribution in [0.5, 0.6) is 5.88 Å². The molecule has 0 aliphatic heterocycles. The first-order valence-corrected chi connectivity index (χ1v) is 4.97. The third-order valence-electron chi connectivity index (χ3n) is 2.36. The minimum absolute atomic E-state index is 0.185. The molecule has 4 heteroatoms. The van der Waals surface area contributed by atoms with Crippen LogP contribution in [-0.2, 0) is 6.42 Å². The van der Waals surface area contributed by atoms with Crippen molar-refractivity contribution >= 4 is 5.52 Å². The summed E-state index contributed by atoms with van der Waals surface area (Å²) in [4.78, 5) is 4.31. The van der Waals surface area contributed by atoms with Crippen molar-refractivity contribution in [3.05, 3.63) is 30.2 Å². The van der Waals surface area contributed by atoms with Crippen LogP contribution in [-0.4, -0.2) is 28.2 Å². The molecule has 0 spiro atoms. The van der Waals surface area contributed by atoms with Gasteiger partial charge in [0, 0.05) is 13.0 Å². The van der Waals surface area contributed by atoms with Crippen molar-refractivity contribution in [2.75, 3.05) is 13.7 Å². The van der Waals surface area contributed by atoms with E-state index in [2.05, 4.69) is 4.98 Å². The highest BCUT2D eigenvalue weighted by Crippen LogP contribution is 2.17. The van der Waals surface area contributed by atoms with Crippen LogP contribution in [0, 0.1) is 0 Å². The van der Waals surface area contributed by atoms with Crippen molar-refractivity contribution < 1.29 is 9.84 Å². The molecule has 1 N–H and O–H groups in total. The van der Waals surface area contributed by atoms with Gasteiger partial charge < -0.3 is 9.84 Å². The summed E-state index contributed by atoms with van der Waals surface area (Å²) in [5, 5.41) is 8.80. The lowest BCUT2D eigenvalue weighted by Crippen LogP contribution is -2.00. The number of ether oxygens (including phenoxy) is 1. The highest BCUT2D eigenvalue weighted by molar-refractivity contribution is 5.49. The van der Waals surface area contributed by atoms with E-state index in [0.717, 1.165) is 30.1 Å². The number of aliphatic hydroxyl groups excluding tert-OH is 1. The summed E-state index contributed by atoms with van der Waals surface area (Å²) < 4.78 is 7.23. The Hall–Kier alpha value is -1.55. The highest BCUT2D eigenvalue weighted by atomic mass is 16.5. The fourth-order valence-corrected chi connectivity index (χ4v) is 1.65. The van der Waals surface area contributed by atoms with Gasteiger partial charge in [0.1, 0.15) is 5.82 Å². The lowest BCUT2D eigenvalue weighted by molar-refractivity contribution is 0.287. The molecule has 15 heavy (non-hydrogen) atoms. The van der Waals surface area contributed by atoms with Gasteiger partial charge in [0.2, 0.25) is 0 Å². The standard InChI is InChI=1S/C11H14N2O2/c1-15-11-6-2-4-9-8-12-10(13(9)11)5-3-7-14/h2,4,6,8,14H,3,5,7H2,1H3. The number of imidazole rings is 1. The van der Waals surface area contributed by atoms with Gasteiger partial charge in [-0.15, -0.1) is 0 Å². The summed E-state index contributed by atoms with van der Waals surface area (Å²) in [5.74, 6) is 1.70. The van der Waals surface area contributed by atoms with Gasteiger partial charge >= 0.3 is 0 Å². The van der Waals surface area contributed by atoms with E-state index in [1.807, 2.05) is 28.8 Å². The molecule has 4 nitrogen and oxygen atoms in total. The lowest BCUT2D eigenvalue weighted by Gasteiger charge is -2.06. The van der Waals surface area contributed by atoms with E-state index in [4.69, 9.17) is 9.84 Å². The van der Waals surface area contributed by atoms with Gasteiger partial charge in [0.25, 0.3) is 0 Å². The number of hydrogen-bond acceptors (Lipinski definition) is 3. The largest absolute Gasteiger partial charge is 0.482 e. The van der Waals surface area contributed by atoms with E-state index >= 15 is 0 Å². The van der Waals surface area contributed by atoms with Crippen molar-refractivity contribution in [3.8, 4) is 5.88 Å². The van der Waals surface area contributed by atoms with Crippen LogP contribution >= 0.6 is 0 Å². The average Bonchev–Trinajstić information content (AvgIpc) is 2.69. The Bertz CT molecular complexity index is 451. The Morgan fingerprint density at radius 1 is 1.47 bits per heavy atom. The maximum absolute atomic E-state index is 8.80. The fraction of sp³-hybridized carbons (Fsp3) is 0.364. The number of nitrogens with zero attached hydrogens (tertiary/aromatic N) is 2. The molecule has 80 valence electrons. The normalized spacial score (nSPS) is 10.8. The van der Waals surface area contributed by atoms with Crippen molar-refractivity contribution in [3.63, 3.8) is 0 Å². The summed E-state index contributed by atoms with van der Waals surface area (Å²) in [6.45, 7) is 0.185. The minimum Gasteiger partial charge on any atom is -0.482 e. The molecule has 2 rings (SSSR count). The molecule has 0 fully saturated rings. The summed E-state index contributed by atoms with van der Waals surface area (Å²) in [5.41, 5.74) is 1.02. The number of aryl methyl sites for hydroxylation is 1. The smallest absolute Gasteiger partial charge is 0.199 e. The number of rotatable bonds is 4. The van der Waals surface area contributed by atoms with Crippen LogP contribution in [0.25, 0.3) is 5.52 Å². The summed E-state index contributed by atoms with van der Waals surface area (Å²) in [7, 11) is 1.64. The number of aromatic nitrogens is 2. The third kappa shape index (κ3) is 1.80. The van der Waals surface area contributed by atoms with Crippen LogP contribution < -0.4 is 4.74 Å². The summed E-state index contributed by atoms with van der Waals surface area (Å²) in [6, 6.07) is 5.82. The Balaban J connectivity index is 2.46. The Morgan fingerprint density at radius 3 is 3.07 bits per heavy atom. The zero-order chi connectivity index (χ0) is 10.7. The Labute approximate surface area is 88.1 Å². The summed E-state index contributed by atoms with van der Waals surface area (Å²) >= 11 is 0. The molecule has 0 atom stereocenters. The molecule has 2 heterocycles. The quantitative estimate of drug-likeness (QED) is 0.819. The van der Waals surface area contributed by atoms with Crippen molar-refractivity contribution in [1.82, 2.24) is 9.38 Å². The van der Waals surface area contributed by atoms with E-state index in [-0.39, 0.29) is 6.61 Å². The number of hydrogen-bond donors (Lipinski definition) is 1. The van der Waals surface area contributed by atoms with Crippen LogP contribution in [0.4, 0.5) is 0 Å². The molecule has 0 aliphatic rings. The molecular weight excluding hydrogens is 192 g/mol.